The fourth-order valence-electron chi connectivity index (χ4n) is 4.11. The van der Waals surface area contributed by atoms with Crippen LogP contribution in [0.5, 0.6) is 0 Å². The maximum Gasteiger partial charge on any atom is 0.259 e. The first-order valence-corrected chi connectivity index (χ1v) is 11.5. The van der Waals surface area contributed by atoms with E-state index in [1.165, 1.54) is 10.4 Å². The molecule has 0 bridgehead atoms. The topological polar surface area (TPSA) is 74.8 Å². The Morgan fingerprint density at radius 1 is 1.37 bits per heavy atom. The van der Waals surface area contributed by atoms with E-state index in [-0.39, 0.29) is 23.3 Å². The minimum atomic E-state index is -0.140. The molecule has 3 aromatic rings. The van der Waals surface area contributed by atoms with Crippen LogP contribution in [0.15, 0.2) is 29.1 Å². The molecule has 2 N–H and O–H groups in total. The number of halogens is 1. The van der Waals surface area contributed by atoms with Gasteiger partial charge in [0.1, 0.15) is 10.7 Å². The molecule has 1 atom stereocenters. The molecule has 1 aliphatic carbocycles. The molecule has 0 aliphatic heterocycles. The summed E-state index contributed by atoms with van der Waals surface area (Å²) < 4.78 is 0. The molecule has 2 heterocycles. The molecule has 0 unspecified atom stereocenters. The summed E-state index contributed by atoms with van der Waals surface area (Å²) in [5.41, 5.74) is 2.00. The zero-order valence-corrected chi connectivity index (χ0v) is 19.0. The first-order valence-electron chi connectivity index (χ1n) is 10.3. The van der Waals surface area contributed by atoms with Gasteiger partial charge in [-0.2, -0.15) is 0 Å². The van der Waals surface area contributed by atoms with Crippen LogP contribution in [-0.2, 0) is 24.1 Å². The molecular formula is C23H26ClN3O2S. The highest BCUT2D eigenvalue weighted by Crippen LogP contribution is 2.41. The number of benzene rings is 1. The van der Waals surface area contributed by atoms with Crippen molar-refractivity contribution in [2.45, 2.75) is 52.9 Å². The van der Waals surface area contributed by atoms with Gasteiger partial charge in [-0.3, -0.25) is 9.59 Å². The zero-order chi connectivity index (χ0) is 21.5. The van der Waals surface area contributed by atoms with Crippen molar-refractivity contribution >= 4 is 44.7 Å². The molecule has 0 saturated heterocycles. The number of aromatic nitrogens is 2. The van der Waals surface area contributed by atoms with E-state index >= 15 is 0 Å². The number of carbonyl (C=O) groups is 1. The minimum Gasteiger partial charge on any atom is -0.326 e. The average Bonchev–Trinajstić information content (AvgIpc) is 3.03. The predicted molar refractivity (Wildman–Crippen MR) is 124 cm³/mol. The van der Waals surface area contributed by atoms with Gasteiger partial charge < -0.3 is 10.3 Å². The molecule has 0 radical (unpaired) electrons. The number of hydrogen-bond acceptors (Lipinski definition) is 4. The van der Waals surface area contributed by atoms with Gasteiger partial charge in [0.2, 0.25) is 5.91 Å². The molecule has 30 heavy (non-hydrogen) atoms. The van der Waals surface area contributed by atoms with E-state index in [0.717, 1.165) is 29.5 Å². The lowest BCUT2D eigenvalue weighted by Crippen LogP contribution is -2.26. The van der Waals surface area contributed by atoms with E-state index in [1.54, 1.807) is 35.6 Å². The molecule has 2 aromatic heterocycles. The maximum atomic E-state index is 12.8. The molecule has 1 amide bonds. The lowest BCUT2D eigenvalue weighted by molar-refractivity contribution is -0.116. The lowest BCUT2D eigenvalue weighted by atomic mass is 9.72. The predicted octanol–water partition coefficient (Wildman–Crippen LogP) is 5.36. The fraction of sp³-hybridized carbons (Fsp3) is 0.435. The van der Waals surface area contributed by atoms with Crippen LogP contribution in [0, 0.1) is 11.3 Å². The lowest BCUT2D eigenvalue weighted by Gasteiger charge is -2.33. The van der Waals surface area contributed by atoms with Crippen LogP contribution in [-0.4, -0.2) is 15.9 Å². The highest BCUT2D eigenvalue weighted by atomic mass is 35.5. The summed E-state index contributed by atoms with van der Waals surface area (Å²) in [4.78, 5) is 34.7. The first kappa shape index (κ1) is 21.1. The second-order valence-electron chi connectivity index (χ2n) is 9.06. The second-order valence-corrected chi connectivity index (χ2v) is 10.6. The van der Waals surface area contributed by atoms with Crippen molar-refractivity contribution in [3.05, 3.63) is 55.9 Å². The number of thiophene rings is 1. The molecule has 7 heteroatoms. The molecule has 0 spiro atoms. The number of aryl methyl sites for hydroxylation is 2. The van der Waals surface area contributed by atoms with Crippen LogP contribution >= 0.6 is 22.9 Å². The molecular weight excluding hydrogens is 418 g/mol. The highest BCUT2D eigenvalue weighted by Gasteiger charge is 2.31. The zero-order valence-electron chi connectivity index (χ0n) is 17.5. The summed E-state index contributed by atoms with van der Waals surface area (Å²) in [6.45, 7) is 6.86. The van der Waals surface area contributed by atoms with E-state index in [0.29, 0.717) is 28.9 Å². The van der Waals surface area contributed by atoms with Crippen molar-refractivity contribution < 1.29 is 4.79 Å². The van der Waals surface area contributed by atoms with Gasteiger partial charge in [0.15, 0.2) is 0 Å². The van der Waals surface area contributed by atoms with Gasteiger partial charge in [0.25, 0.3) is 5.56 Å². The summed E-state index contributed by atoms with van der Waals surface area (Å²) in [5, 5.41) is 4.14. The van der Waals surface area contributed by atoms with E-state index in [2.05, 4.69) is 36.1 Å². The van der Waals surface area contributed by atoms with Crippen molar-refractivity contribution in [3.63, 3.8) is 0 Å². The summed E-state index contributed by atoms with van der Waals surface area (Å²) in [6.07, 6.45) is 3.66. The quantitative estimate of drug-likeness (QED) is 0.569. The fourth-order valence-corrected chi connectivity index (χ4v) is 5.62. The normalized spacial score (nSPS) is 16.5. The van der Waals surface area contributed by atoms with Gasteiger partial charge in [-0.15, -0.1) is 11.3 Å². The van der Waals surface area contributed by atoms with Crippen LogP contribution in [0.2, 0.25) is 5.02 Å². The van der Waals surface area contributed by atoms with E-state index in [9.17, 15) is 9.59 Å². The van der Waals surface area contributed by atoms with Crippen molar-refractivity contribution in [1.29, 1.82) is 0 Å². The van der Waals surface area contributed by atoms with Gasteiger partial charge in [-0.05, 0) is 54.4 Å². The number of nitrogens with zero attached hydrogens (tertiary/aromatic N) is 1. The third-order valence-corrected chi connectivity index (χ3v) is 7.27. The van der Waals surface area contributed by atoms with Crippen LogP contribution in [0.1, 0.15) is 49.9 Å². The first-order chi connectivity index (χ1) is 14.2. The van der Waals surface area contributed by atoms with Crippen LogP contribution in [0.3, 0.4) is 0 Å². The largest absolute Gasteiger partial charge is 0.326 e. The highest BCUT2D eigenvalue weighted by molar-refractivity contribution is 7.18. The molecule has 4 rings (SSSR count). The van der Waals surface area contributed by atoms with E-state index in [1.807, 2.05) is 0 Å². The molecule has 5 nitrogen and oxygen atoms in total. The standard InChI is InChI=1S/C23H26ClN3O2S/c1-23(2,3)13-7-8-16-17(11-13)30-22-20(16)21(29)26-18(27-22)9-10-19(28)25-15-6-4-5-14(24)12-15/h4-6,12-13H,7-11H2,1-3H3,(H,25,28)(H,26,27,29)/t13-/m0/s1. The van der Waals surface area contributed by atoms with Gasteiger partial charge in [0, 0.05) is 28.4 Å². The molecule has 1 aromatic carbocycles. The molecule has 0 saturated carbocycles. The Bertz CT molecular complexity index is 1160. The third-order valence-electron chi connectivity index (χ3n) is 5.89. The van der Waals surface area contributed by atoms with Crippen molar-refractivity contribution in [2.75, 3.05) is 5.32 Å². The summed E-state index contributed by atoms with van der Waals surface area (Å²) >= 11 is 7.59. The van der Waals surface area contributed by atoms with Crippen molar-refractivity contribution in [2.24, 2.45) is 11.3 Å². The van der Waals surface area contributed by atoms with Gasteiger partial charge in [0.05, 0.1) is 5.39 Å². The van der Waals surface area contributed by atoms with Crippen LogP contribution in [0.4, 0.5) is 5.69 Å². The SMILES string of the molecule is CC(C)(C)[C@H]1CCc2c(sc3nc(CCC(=O)Nc4cccc(Cl)c4)[nH]c(=O)c23)C1. The van der Waals surface area contributed by atoms with Crippen molar-refractivity contribution in [1.82, 2.24) is 9.97 Å². The van der Waals surface area contributed by atoms with Crippen molar-refractivity contribution in [3.8, 4) is 0 Å². The molecule has 158 valence electrons. The number of carbonyl (C=O) groups excluding carboxylic acids is 1. The number of nitrogens with one attached hydrogen (secondary N) is 2. The van der Waals surface area contributed by atoms with E-state index in [4.69, 9.17) is 11.6 Å². The average molecular weight is 444 g/mol. The summed E-state index contributed by atoms with van der Waals surface area (Å²) in [7, 11) is 0. The number of hydrogen-bond donors (Lipinski definition) is 2. The molecule has 1 aliphatic rings. The number of fused-ring (bicyclic) bond motifs is 3. The smallest absolute Gasteiger partial charge is 0.259 e. The van der Waals surface area contributed by atoms with Crippen LogP contribution in [0.25, 0.3) is 10.2 Å². The Balaban J connectivity index is 1.50. The summed E-state index contributed by atoms with van der Waals surface area (Å²) in [6, 6.07) is 7.03. The van der Waals surface area contributed by atoms with Gasteiger partial charge in [-0.1, -0.05) is 38.4 Å². The monoisotopic (exact) mass is 443 g/mol. The summed E-state index contributed by atoms with van der Waals surface area (Å²) in [5.74, 6) is 1.03. The Labute approximate surface area is 184 Å². The number of rotatable bonds is 4. The Morgan fingerprint density at radius 3 is 2.90 bits per heavy atom. The van der Waals surface area contributed by atoms with Gasteiger partial charge >= 0.3 is 0 Å². The maximum absolute atomic E-state index is 12.8. The Morgan fingerprint density at radius 2 is 2.17 bits per heavy atom. The number of aromatic amines is 1. The third kappa shape index (κ3) is 4.44. The minimum absolute atomic E-state index is 0.0861. The van der Waals surface area contributed by atoms with E-state index < -0.39 is 0 Å². The number of anilines is 1. The molecule has 0 fully saturated rings. The second kappa shape index (κ2) is 8.16. The Hall–Kier alpha value is -2.18. The number of amides is 1. The number of H-pyrrole nitrogens is 1. The van der Waals surface area contributed by atoms with Gasteiger partial charge in [-0.25, -0.2) is 4.98 Å². The van der Waals surface area contributed by atoms with Crippen LogP contribution < -0.4 is 10.9 Å². The Kier molecular flexibility index (Phi) is 5.73.